The Morgan fingerprint density at radius 2 is 1.76 bits per heavy atom. The first-order chi connectivity index (χ1) is 7.86. The van der Waals surface area contributed by atoms with Gasteiger partial charge in [-0.25, -0.2) is 0 Å². The molecule has 5 heteroatoms. The predicted octanol–water partition coefficient (Wildman–Crippen LogP) is 0.873. The van der Waals surface area contributed by atoms with Gasteiger partial charge in [-0.2, -0.15) is 0 Å². The molecule has 1 fully saturated rings. The third-order valence-corrected chi connectivity index (χ3v) is 3.52. The van der Waals surface area contributed by atoms with Gasteiger partial charge in [0, 0.05) is 6.20 Å². The van der Waals surface area contributed by atoms with Crippen molar-refractivity contribution in [2.75, 3.05) is 0 Å². The van der Waals surface area contributed by atoms with Crippen molar-refractivity contribution in [1.82, 2.24) is 4.98 Å². The molecule has 0 aromatic carbocycles. The Hall–Kier alpha value is -0.905. The molecule has 0 spiro atoms. The van der Waals surface area contributed by atoms with Crippen LogP contribution in [0.1, 0.15) is 33.3 Å². The normalized spacial score (nSPS) is 21.8. The molecule has 17 heavy (non-hydrogen) atoms. The molecular formula is C12H18BNO3. The number of aliphatic hydroxyl groups excluding tert-OH is 1. The molecular weight excluding hydrogens is 217 g/mol. The Bertz CT molecular complexity index is 387. The molecule has 2 heterocycles. The lowest BCUT2D eigenvalue weighted by molar-refractivity contribution is 0.00578. The molecule has 0 radical (unpaired) electrons. The summed E-state index contributed by atoms with van der Waals surface area (Å²) in [6.45, 7) is 8.03. The van der Waals surface area contributed by atoms with E-state index in [1.54, 1.807) is 6.20 Å². The summed E-state index contributed by atoms with van der Waals surface area (Å²) in [5.74, 6) is 0. The average Bonchev–Trinajstić information content (AvgIpc) is 2.48. The van der Waals surface area contributed by atoms with Gasteiger partial charge in [-0.3, -0.25) is 4.98 Å². The van der Waals surface area contributed by atoms with E-state index in [4.69, 9.17) is 14.4 Å². The van der Waals surface area contributed by atoms with Gasteiger partial charge in [-0.1, -0.05) is 6.07 Å². The molecule has 0 unspecified atom stereocenters. The van der Waals surface area contributed by atoms with Gasteiger partial charge in [0.15, 0.2) is 0 Å². The molecule has 1 aliphatic heterocycles. The molecule has 1 N–H and O–H groups in total. The zero-order valence-electron chi connectivity index (χ0n) is 10.7. The van der Waals surface area contributed by atoms with Crippen molar-refractivity contribution in [3.8, 4) is 0 Å². The van der Waals surface area contributed by atoms with Gasteiger partial charge in [0.25, 0.3) is 0 Å². The minimum absolute atomic E-state index is 0.00333. The smallest absolute Gasteiger partial charge is 0.398 e. The topological polar surface area (TPSA) is 51.6 Å². The fourth-order valence-corrected chi connectivity index (χ4v) is 1.63. The van der Waals surface area contributed by atoms with Crippen molar-refractivity contribution >= 4 is 12.7 Å². The summed E-state index contributed by atoms with van der Waals surface area (Å²) in [7, 11) is -0.437. The summed E-state index contributed by atoms with van der Waals surface area (Å²) in [6.07, 6.45) is 1.64. The van der Waals surface area contributed by atoms with Gasteiger partial charge in [0.1, 0.15) is 0 Å². The van der Waals surface area contributed by atoms with Gasteiger partial charge in [-0.05, 0) is 39.3 Å². The lowest BCUT2D eigenvalue weighted by Crippen LogP contribution is -2.41. The molecule has 4 nitrogen and oxygen atoms in total. The maximum Gasteiger partial charge on any atom is 0.514 e. The van der Waals surface area contributed by atoms with Gasteiger partial charge in [-0.15, -0.1) is 0 Å². The minimum atomic E-state index is -0.437. The van der Waals surface area contributed by atoms with Crippen LogP contribution < -0.4 is 5.59 Å². The summed E-state index contributed by atoms with van der Waals surface area (Å²) in [5, 5.41) is 8.96. The fraction of sp³-hybridized carbons (Fsp3) is 0.583. The van der Waals surface area contributed by atoms with E-state index in [0.29, 0.717) is 0 Å². The maximum absolute atomic E-state index is 8.96. The number of aromatic nitrogens is 1. The lowest BCUT2D eigenvalue weighted by atomic mass is 9.84. The molecule has 92 valence electrons. The van der Waals surface area contributed by atoms with Gasteiger partial charge in [0.05, 0.1) is 23.4 Å². The van der Waals surface area contributed by atoms with Crippen molar-refractivity contribution in [2.24, 2.45) is 0 Å². The average molecular weight is 235 g/mol. The first-order valence-electron chi connectivity index (χ1n) is 5.77. The van der Waals surface area contributed by atoms with E-state index < -0.39 is 7.12 Å². The maximum atomic E-state index is 8.96. The van der Waals surface area contributed by atoms with Crippen LogP contribution in [0.4, 0.5) is 0 Å². The van der Waals surface area contributed by atoms with Crippen LogP contribution in [0.3, 0.4) is 0 Å². The van der Waals surface area contributed by atoms with Crippen molar-refractivity contribution in [1.29, 1.82) is 0 Å². The van der Waals surface area contributed by atoms with Crippen molar-refractivity contribution in [2.45, 2.75) is 45.5 Å². The molecule has 0 amide bonds. The molecule has 0 bridgehead atoms. The lowest BCUT2D eigenvalue weighted by Gasteiger charge is -2.32. The highest BCUT2D eigenvalue weighted by Gasteiger charge is 2.52. The fourth-order valence-electron chi connectivity index (χ4n) is 1.63. The molecule has 1 aliphatic rings. The van der Waals surface area contributed by atoms with Crippen LogP contribution in [0.5, 0.6) is 0 Å². The van der Waals surface area contributed by atoms with Crippen molar-refractivity contribution in [3.63, 3.8) is 0 Å². The van der Waals surface area contributed by atoms with Crippen LogP contribution in [0.15, 0.2) is 18.3 Å². The zero-order valence-corrected chi connectivity index (χ0v) is 10.7. The third-order valence-electron chi connectivity index (χ3n) is 3.52. The van der Waals surface area contributed by atoms with Crippen LogP contribution in [0.2, 0.25) is 0 Å². The number of aliphatic hydroxyl groups is 1. The standard InChI is InChI=1S/C12H18BNO3/c1-11(2)12(3,4)17-13(16-11)10-6-5-9(8-15)7-14-10/h5-7,15H,8H2,1-4H3. The summed E-state index contributed by atoms with van der Waals surface area (Å²) in [4.78, 5) is 4.25. The highest BCUT2D eigenvalue weighted by atomic mass is 16.7. The number of nitrogens with zero attached hydrogens (tertiary/aromatic N) is 1. The Kier molecular flexibility index (Phi) is 3.02. The third kappa shape index (κ3) is 2.23. The van der Waals surface area contributed by atoms with E-state index in [0.717, 1.165) is 11.2 Å². The van der Waals surface area contributed by atoms with Crippen molar-refractivity contribution < 1.29 is 14.4 Å². The number of pyridine rings is 1. The predicted molar refractivity (Wildman–Crippen MR) is 65.9 cm³/mol. The second kappa shape index (κ2) is 4.08. The zero-order chi connectivity index (χ0) is 12.7. The summed E-state index contributed by atoms with van der Waals surface area (Å²) >= 11 is 0. The number of hydrogen-bond acceptors (Lipinski definition) is 4. The van der Waals surface area contributed by atoms with Gasteiger partial charge < -0.3 is 14.4 Å². The monoisotopic (exact) mass is 235 g/mol. The van der Waals surface area contributed by atoms with E-state index in [9.17, 15) is 0 Å². The molecule has 1 aromatic rings. The van der Waals surface area contributed by atoms with E-state index in [1.807, 2.05) is 39.8 Å². The summed E-state index contributed by atoms with van der Waals surface area (Å²) < 4.78 is 11.8. The Morgan fingerprint density at radius 1 is 1.18 bits per heavy atom. The van der Waals surface area contributed by atoms with Crippen LogP contribution in [-0.4, -0.2) is 28.4 Å². The molecule has 1 aromatic heterocycles. The van der Waals surface area contributed by atoms with Crippen LogP contribution >= 0.6 is 0 Å². The largest absolute Gasteiger partial charge is 0.514 e. The summed E-state index contributed by atoms with van der Waals surface area (Å²) in [5.41, 5.74) is 0.815. The van der Waals surface area contributed by atoms with Gasteiger partial charge in [0.2, 0.25) is 0 Å². The van der Waals surface area contributed by atoms with E-state index in [-0.39, 0.29) is 17.8 Å². The molecule has 0 saturated carbocycles. The van der Waals surface area contributed by atoms with E-state index in [2.05, 4.69) is 4.98 Å². The molecule has 2 rings (SSSR count). The molecule has 0 atom stereocenters. The first kappa shape index (κ1) is 12.5. The van der Waals surface area contributed by atoms with Crippen LogP contribution in [0, 0.1) is 0 Å². The van der Waals surface area contributed by atoms with Gasteiger partial charge >= 0.3 is 7.12 Å². The first-order valence-corrected chi connectivity index (χ1v) is 5.77. The molecule has 1 saturated heterocycles. The second-order valence-electron chi connectivity index (χ2n) is 5.34. The second-order valence-corrected chi connectivity index (χ2v) is 5.34. The summed E-state index contributed by atoms with van der Waals surface area (Å²) in [6, 6.07) is 3.65. The van der Waals surface area contributed by atoms with E-state index >= 15 is 0 Å². The van der Waals surface area contributed by atoms with Crippen LogP contribution in [-0.2, 0) is 15.9 Å². The Balaban J connectivity index is 2.20. The van der Waals surface area contributed by atoms with Crippen molar-refractivity contribution in [3.05, 3.63) is 23.9 Å². The quantitative estimate of drug-likeness (QED) is 0.773. The number of rotatable bonds is 2. The SMILES string of the molecule is CC1(C)OB(c2ccc(CO)cn2)OC1(C)C. The van der Waals surface area contributed by atoms with Crippen LogP contribution in [0.25, 0.3) is 0 Å². The van der Waals surface area contributed by atoms with E-state index in [1.165, 1.54) is 0 Å². The highest BCUT2D eigenvalue weighted by Crippen LogP contribution is 2.36. The molecule has 0 aliphatic carbocycles. The Morgan fingerprint density at radius 3 is 2.18 bits per heavy atom. The highest BCUT2D eigenvalue weighted by molar-refractivity contribution is 6.61. The Labute approximate surface area is 102 Å². The minimum Gasteiger partial charge on any atom is -0.398 e. The number of hydrogen-bond donors (Lipinski definition) is 1.